The zero-order valence-corrected chi connectivity index (χ0v) is 11.7. The molecule has 106 valence electrons. The van der Waals surface area contributed by atoms with Crippen molar-refractivity contribution >= 4 is 17.5 Å². The highest BCUT2D eigenvalue weighted by atomic mass is 35.5. The Morgan fingerprint density at radius 3 is 3.05 bits per heavy atom. The van der Waals surface area contributed by atoms with Crippen molar-refractivity contribution in [2.45, 2.75) is 20.1 Å². The summed E-state index contributed by atoms with van der Waals surface area (Å²) in [6, 6.07) is 7.77. The molecule has 2 rings (SSSR count). The lowest BCUT2D eigenvalue weighted by Crippen LogP contribution is -2.30. The summed E-state index contributed by atoms with van der Waals surface area (Å²) in [5, 5.41) is 4.23. The fourth-order valence-electron chi connectivity index (χ4n) is 1.68. The van der Waals surface area contributed by atoms with E-state index in [2.05, 4.69) is 12.0 Å². The highest BCUT2D eigenvalue weighted by Crippen LogP contribution is 2.16. The lowest BCUT2D eigenvalue weighted by atomic mass is 10.2. The highest BCUT2D eigenvalue weighted by Gasteiger charge is 2.14. The molecule has 0 aliphatic rings. The van der Waals surface area contributed by atoms with Gasteiger partial charge in [0.15, 0.2) is 12.4 Å². The van der Waals surface area contributed by atoms with Gasteiger partial charge >= 0.3 is 0 Å². The van der Waals surface area contributed by atoms with Crippen molar-refractivity contribution in [1.29, 1.82) is 0 Å². The van der Waals surface area contributed by atoms with E-state index >= 15 is 0 Å². The predicted octanol–water partition coefficient (Wildman–Crippen LogP) is 1.74. The van der Waals surface area contributed by atoms with Crippen LogP contribution in [0.1, 0.15) is 23.0 Å². The molecule has 0 fully saturated rings. The molecular formula is C13H15ClN4O2. The van der Waals surface area contributed by atoms with Crippen LogP contribution < -0.4 is 16.0 Å². The third-order valence-corrected chi connectivity index (χ3v) is 3.01. The van der Waals surface area contributed by atoms with Gasteiger partial charge in [0.05, 0.1) is 5.02 Å². The molecule has 0 spiro atoms. The Morgan fingerprint density at radius 2 is 2.35 bits per heavy atom. The van der Waals surface area contributed by atoms with Crippen molar-refractivity contribution in [3.8, 4) is 5.75 Å². The minimum atomic E-state index is -0.540. The van der Waals surface area contributed by atoms with Gasteiger partial charge in [0.25, 0.3) is 5.91 Å². The van der Waals surface area contributed by atoms with Gasteiger partial charge in [0.1, 0.15) is 5.75 Å². The second-order valence-electron chi connectivity index (χ2n) is 4.11. The third kappa shape index (κ3) is 3.28. The van der Waals surface area contributed by atoms with E-state index < -0.39 is 5.91 Å². The van der Waals surface area contributed by atoms with Gasteiger partial charge in [-0.2, -0.15) is 5.10 Å². The minimum Gasteiger partial charge on any atom is -0.471 e. The summed E-state index contributed by atoms with van der Waals surface area (Å²) in [7, 11) is 0. The molecule has 2 aromatic rings. The van der Waals surface area contributed by atoms with Crippen molar-refractivity contribution < 1.29 is 9.53 Å². The first kappa shape index (κ1) is 14.4. The lowest BCUT2D eigenvalue weighted by molar-refractivity contribution is 0.0946. The molecule has 0 unspecified atom stereocenters. The van der Waals surface area contributed by atoms with Gasteiger partial charge in [-0.1, -0.05) is 30.7 Å². The number of nitrogen functional groups attached to an aromatic ring is 1. The number of hydrogen-bond donors (Lipinski definition) is 2. The van der Waals surface area contributed by atoms with E-state index in [1.807, 2.05) is 29.7 Å². The number of halogens is 1. The Bertz CT molecular complexity index is 612. The Labute approximate surface area is 121 Å². The van der Waals surface area contributed by atoms with E-state index in [0.29, 0.717) is 0 Å². The molecule has 7 heteroatoms. The number of ether oxygens (including phenoxy) is 1. The number of carbonyl (C=O) groups excluding carboxylic acids is 1. The molecule has 0 aliphatic heterocycles. The number of benzene rings is 1. The van der Waals surface area contributed by atoms with Gasteiger partial charge < -0.3 is 4.74 Å². The first-order valence-corrected chi connectivity index (χ1v) is 6.47. The van der Waals surface area contributed by atoms with Crippen molar-refractivity contribution in [2.75, 3.05) is 0 Å². The zero-order chi connectivity index (χ0) is 14.5. The Kier molecular flexibility index (Phi) is 4.60. The van der Waals surface area contributed by atoms with Crippen LogP contribution in [0.25, 0.3) is 0 Å². The van der Waals surface area contributed by atoms with Crippen LogP contribution in [0.5, 0.6) is 5.75 Å². The summed E-state index contributed by atoms with van der Waals surface area (Å²) in [4.78, 5) is 11.4. The molecule has 0 aliphatic carbocycles. The molecule has 1 aromatic carbocycles. The number of carbonyl (C=O) groups is 1. The van der Waals surface area contributed by atoms with E-state index in [1.165, 1.54) is 16.4 Å². The van der Waals surface area contributed by atoms with Crippen molar-refractivity contribution in [3.05, 3.63) is 46.7 Å². The average Bonchev–Trinajstić information content (AvgIpc) is 2.85. The number of nitrogens with one attached hydrogen (secondary N) is 1. The Morgan fingerprint density at radius 1 is 1.55 bits per heavy atom. The average molecular weight is 295 g/mol. The van der Waals surface area contributed by atoms with Gasteiger partial charge in [0, 0.05) is 6.20 Å². The molecule has 0 bridgehead atoms. The normalized spacial score (nSPS) is 10.3. The molecule has 0 radical (unpaired) electrons. The number of aryl methyl sites for hydroxylation is 1. The van der Waals surface area contributed by atoms with Crippen LogP contribution in [-0.2, 0) is 13.2 Å². The topological polar surface area (TPSA) is 82.2 Å². The first-order chi connectivity index (χ1) is 9.63. The maximum Gasteiger partial charge on any atom is 0.287 e. The molecule has 1 amide bonds. The fourth-order valence-corrected chi connectivity index (χ4v) is 1.92. The minimum absolute atomic E-state index is 0.0695. The van der Waals surface area contributed by atoms with Crippen LogP contribution in [-0.4, -0.2) is 15.7 Å². The predicted molar refractivity (Wildman–Crippen MR) is 75.3 cm³/mol. The summed E-state index contributed by atoms with van der Waals surface area (Å²) in [5.41, 5.74) is 3.24. The Balaban J connectivity index is 2.05. The zero-order valence-electron chi connectivity index (χ0n) is 11.0. The smallest absolute Gasteiger partial charge is 0.287 e. The molecule has 1 heterocycles. The molecule has 1 aromatic heterocycles. The molecule has 3 N–H and O–H groups in total. The number of rotatable bonds is 5. The summed E-state index contributed by atoms with van der Waals surface area (Å²) in [6.45, 7) is 2.23. The first-order valence-electron chi connectivity index (χ1n) is 6.09. The SMILES string of the molecule is CCc1cccc(OCn2cc(Cl)c(C(=O)NN)n2)c1. The van der Waals surface area contributed by atoms with Crippen LogP contribution in [0.2, 0.25) is 5.02 Å². The molecule has 0 saturated heterocycles. The number of amides is 1. The molecule has 0 atom stereocenters. The van der Waals surface area contributed by atoms with Crippen molar-refractivity contribution in [3.63, 3.8) is 0 Å². The third-order valence-electron chi connectivity index (χ3n) is 2.73. The molecule has 0 saturated carbocycles. The summed E-state index contributed by atoms with van der Waals surface area (Å²) in [5.74, 6) is 5.24. The molecule has 20 heavy (non-hydrogen) atoms. The van der Waals surface area contributed by atoms with E-state index in [4.69, 9.17) is 22.2 Å². The van der Waals surface area contributed by atoms with Gasteiger partial charge in [-0.25, -0.2) is 10.5 Å². The van der Waals surface area contributed by atoms with E-state index in [9.17, 15) is 4.79 Å². The number of aromatic nitrogens is 2. The second-order valence-corrected chi connectivity index (χ2v) is 4.52. The van der Waals surface area contributed by atoms with Crippen LogP contribution in [0.4, 0.5) is 0 Å². The molecular weight excluding hydrogens is 280 g/mol. The van der Waals surface area contributed by atoms with Gasteiger partial charge in [0.2, 0.25) is 0 Å². The maximum absolute atomic E-state index is 11.4. The highest BCUT2D eigenvalue weighted by molar-refractivity contribution is 6.33. The Hall–Kier alpha value is -2.05. The number of hydrazine groups is 1. The lowest BCUT2D eigenvalue weighted by Gasteiger charge is -2.07. The van der Waals surface area contributed by atoms with Gasteiger partial charge in [-0.3, -0.25) is 10.2 Å². The van der Waals surface area contributed by atoms with Gasteiger partial charge in [-0.15, -0.1) is 0 Å². The quantitative estimate of drug-likeness (QED) is 0.500. The standard InChI is InChI=1S/C13H15ClN4O2/c1-2-9-4-3-5-10(6-9)20-8-18-7-11(14)12(17-18)13(19)16-15/h3-7H,2,8,15H2,1H3,(H,16,19). The van der Waals surface area contributed by atoms with Crippen molar-refractivity contribution in [2.24, 2.45) is 5.84 Å². The second kappa shape index (κ2) is 6.40. The van der Waals surface area contributed by atoms with Crippen molar-refractivity contribution in [1.82, 2.24) is 15.2 Å². The van der Waals surface area contributed by atoms with Crippen LogP contribution in [0.15, 0.2) is 30.5 Å². The number of nitrogens with zero attached hydrogens (tertiary/aromatic N) is 2. The summed E-state index contributed by atoms with van der Waals surface area (Å²) < 4.78 is 7.03. The fraction of sp³-hybridized carbons (Fsp3) is 0.231. The largest absolute Gasteiger partial charge is 0.471 e. The number of nitrogens with two attached hydrogens (primary N) is 1. The summed E-state index contributed by atoms with van der Waals surface area (Å²) >= 11 is 5.89. The van der Waals surface area contributed by atoms with E-state index in [-0.39, 0.29) is 17.4 Å². The van der Waals surface area contributed by atoms with E-state index in [0.717, 1.165) is 12.2 Å². The number of hydrogen-bond acceptors (Lipinski definition) is 4. The summed E-state index contributed by atoms with van der Waals surface area (Å²) in [6.07, 6.45) is 2.45. The van der Waals surface area contributed by atoms with E-state index in [1.54, 1.807) is 0 Å². The molecule has 6 nitrogen and oxygen atoms in total. The maximum atomic E-state index is 11.4. The van der Waals surface area contributed by atoms with Crippen LogP contribution in [0.3, 0.4) is 0 Å². The van der Waals surface area contributed by atoms with Crippen LogP contribution >= 0.6 is 11.6 Å². The monoisotopic (exact) mass is 294 g/mol. The van der Waals surface area contributed by atoms with Gasteiger partial charge in [-0.05, 0) is 24.1 Å². The van der Waals surface area contributed by atoms with Crippen LogP contribution in [0, 0.1) is 0 Å².